The first-order valence-corrected chi connectivity index (χ1v) is 14.0. The first-order chi connectivity index (χ1) is 17.5. The molecule has 2 fully saturated rings. The van der Waals surface area contributed by atoms with Crippen LogP contribution in [0, 0.1) is 5.92 Å². The Balaban J connectivity index is 0.00000320. The molecule has 3 atom stereocenters. The molecule has 0 radical (unpaired) electrons. The zero-order valence-corrected chi connectivity index (χ0v) is 23.8. The van der Waals surface area contributed by atoms with Crippen molar-refractivity contribution in [3.05, 3.63) is 65.2 Å². The second-order valence-corrected chi connectivity index (χ2v) is 11.5. The lowest BCUT2D eigenvalue weighted by Gasteiger charge is -2.33. The topological polar surface area (TPSA) is 55.8 Å². The molecule has 1 heterocycles. The smallest absolute Gasteiger partial charge is 0.343 e. The van der Waals surface area contributed by atoms with E-state index < -0.39 is 11.6 Å². The largest absolute Gasteiger partial charge is 1.00 e. The Labute approximate surface area is 232 Å². The predicted molar refractivity (Wildman–Crippen MR) is 141 cm³/mol. The number of quaternary nitrogens is 1. The molecular weight excluding hydrogens is 530 g/mol. The molecular formula is C31H42BrNO4. The van der Waals surface area contributed by atoms with Gasteiger partial charge in [-0.05, 0) is 67.3 Å². The van der Waals surface area contributed by atoms with Crippen molar-refractivity contribution in [1.29, 1.82) is 0 Å². The quantitative estimate of drug-likeness (QED) is 0.285. The van der Waals surface area contributed by atoms with Gasteiger partial charge in [-0.1, -0.05) is 49.2 Å². The molecule has 0 aromatic heterocycles. The fourth-order valence-corrected chi connectivity index (χ4v) is 6.66. The minimum Gasteiger partial charge on any atom is -1.00 e. The number of hydrogen-bond donors (Lipinski definition) is 1. The van der Waals surface area contributed by atoms with Crippen LogP contribution >= 0.6 is 0 Å². The third-order valence-electron chi connectivity index (χ3n) is 8.81. The second kappa shape index (κ2) is 12.3. The number of aliphatic hydroxyl groups is 1. The van der Waals surface area contributed by atoms with Crippen LogP contribution in [-0.2, 0) is 28.0 Å². The summed E-state index contributed by atoms with van der Waals surface area (Å²) in [5.41, 5.74) is 2.05. The van der Waals surface area contributed by atoms with Gasteiger partial charge in [0.2, 0.25) is 0 Å². The Morgan fingerprint density at radius 1 is 1.00 bits per heavy atom. The lowest BCUT2D eigenvalue weighted by atomic mass is 9.80. The van der Waals surface area contributed by atoms with Crippen LogP contribution < -0.4 is 21.7 Å². The third kappa shape index (κ3) is 6.40. The standard InChI is InChI=1S/C31H42NO4.BrH/c1-32(19-9-21-35-28-17-16-24-10-5-6-11-25(24)22-28)20-18-29(23-32)36-30(33)31(34,27-14-7-8-15-27)26-12-3-2-4-13-26;/h2-4,12-13,16-17,22,27,29,34H,5-11,14-15,18-21,23H2,1H3;1H/q+1;/p-1/t29?,31-,32?;/m0./s1. The van der Waals surface area contributed by atoms with Gasteiger partial charge in [0.1, 0.15) is 12.3 Å². The number of nitrogens with zero attached hydrogens (tertiary/aromatic N) is 1. The van der Waals surface area contributed by atoms with Gasteiger partial charge < -0.3 is 36.0 Å². The van der Waals surface area contributed by atoms with Gasteiger partial charge in [-0.2, -0.15) is 0 Å². The number of ether oxygens (including phenoxy) is 2. The van der Waals surface area contributed by atoms with E-state index in [4.69, 9.17) is 9.47 Å². The van der Waals surface area contributed by atoms with E-state index in [0.717, 1.165) is 68.4 Å². The van der Waals surface area contributed by atoms with E-state index in [9.17, 15) is 9.90 Å². The number of hydrogen-bond acceptors (Lipinski definition) is 4. The molecule has 1 saturated carbocycles. The van der Waals surface area contributed by atoms with E-state index in [0.29, 0.717) is 12.2 Å². The summed E-state index contributed by atoms with van der Waals surface area (Å²) in [6.45, 7) is 3.46. The molecule has 0 bridgehead atoms. The summed E-state index contributed by atoms with van der Waals surface area (Å²) in [4.78, 5) is 13.4. The molecule has 1 saturated heterocycles. The van der Waals surface area contributed by atoms with Crippen LogP contribution in [-0.4, -0.2) is 55.0 Å². The first kappa shape index (κ1) is 28.1. The van der Waals surface area contributed by atoms with E-state index in [1.807, 2.05) is 30.3 Å². The Hall–Kier alpha value is -1.89. The van der Waals surface area contributed by atoms with E-state index in [2.05, 4.69) is 25.2 Å². The van der Waals surface area contributed by atoms with E-state index in [1.54, 1.807) is 0 Å². The molecule has 5 rings (SSSR count). The first-order valence-electron chi connectivity index (χ1n) is 14.0. The van der Waals surface area contributed by atoms with Crippen LogP contribution in [0.25, 0.3) is 0 Å². The zero-order chi connectivity index (χ0) is 25.0. The van der Waals surface area contributed by atoms with Crippen molar-refractivity contribution in [2.24, 2.45) is 5.92 Å². The van der Waals surface area contributed by atoms with Gasteiger partial charge in [-0.15, -0.1) is 0 Å². The summed E-state index contributed by atoms with van der Waals surface area (Å²) < 4.78 is 13.0. The molecule has 2 aromatic rings. The highest BCUT2D eigenvalue weighted by atomic mass is 79.9. The van der Waals surface area contributed by atoms with Gasteiger partial charge >= 0.3 is 5.97 Å². The van der Waals surface area contributed by atoms with E-state index in [-0.39, 0.29) is 29.0 Å². The van der Waals surface area contributed by atoms with Crippen LogP contribution in [0.5, 0.6) is 5.75 Å². The van der Waals surface area contributed by atoms with Gasteiger partial charge in [0.15, 0.2) is 11.7 Å². The highest BCUT2D eigenvalue weighted by Gasteiger charge is 2.49. The molecule has 5 nitrogen and oxygen atoms in total. The Morgan fingerprint density at radius 3 is 2.49 bits per heavy atom. The van der Waals surface area contributed by atoms with Crippen molar-refractivity contribution in [2.45, 2.75) is 75.9 Å². The van der Waals surface area contributed by atoms with Crippen LogP contribution in [0.15, 0.2) is 48.5 Å². The number of carbonyl (C=O) groups excluding carboxylic acids is 1. The monoisotopic (exact) mass is 571 g/mol. The van der Waals surface area contributed by atoms with Crippen LogP contribution in [0.1, 0.15) is 68.1 Å². The number of esters is 1. The van der Waals surface area contributed by atoms with Crippen molar-refractivity contribution in [1.82, 2.24) is 0 Å². The Bertz CT molecular complexity index is 1040. The van der Waals surface area contributed by atoms with Gasteiger partial charge in [0, 0.05) is 18.8 Å². The number of carbonyl (C=O) groups is 1. The maximum absolute atomic E-state index is 13.4. The van der Waals surface area contributed by atoms with E-state index in [1.165, 1.54) is 36.8 Å². The molecule has 6 heteroatoms. The van der Waals surface area contributed by atoms with Crippen molar-refractivity contribution < 1.29 is 40.8 Å². The normalized spacial score (nSPS) is 25.1. The summed E-state index contributed by atoms with van der Waals surface area (Å²) in [7, 11) is 2.24. The Morgan fingerprint density at radius 2 is 1.73 bits per heavy atom. The van der Waals surface area contributed by atoms with Crippen LogP contribution in [0.4, 0.5) is 0 Å². The summed E-state index contributed by atoms with van der Waals surface area (Å²) >= 11 is 0. The average Bonchev–Trinajstić information content (AvgIpc) is 3.57. The molecule has 2 aromatic carbocycles. The number of rotatable bonds is 9. The number of likely N-dealkylation sites (N-methyl/N-ethyl adjacent to an activating group) is 1. The Kier molecular flexibility index (Phi) is 9.36. The SMILES string of the molecule is C[N+]1(CCCOc2ccc3c(c2)CCCC3)CCC(OC(=O)[C@](O)(c2ccccc2)C2CCCC2)C1.[Br-]. The molecule has 0 amide bonds. The van der Waals surface area contributed by atoms with Gasteiger partial charge in [0.25, 0.3) is 0 Å². The molecule has 2 unspecified atom stereocenters. The number of halogens is 1. The highest BCUT2D eigenvalue weighted by molar-refractivity contribution is 5.81. The average molecular weight is 573 g/mol. The minimum atomic E-state index is -1.55. The van der Waals surface area contributed by atoms with Gasteiger partial charge in [-0.25, -0.2) is 4.79 Å². The zero-order valence-electron chi connectivity index (χ0n) is 22.2. The molecule has 0 spiro atoms. The summed E-state index contributed by atoms with van der Waals surface area (Å²) in [5.74, 6) is 0.448. The summed E-state index contributed by atoms with van der Waals surface area (Å²) in [6.07, 6.45) is 10.4. The lowest BCUT2D eigenvalue weighted by Crippen LogP contribution is -3.00. The van der Waals surface area contributed by atoms with Crippen molar-refractivity contribution in [2.75, 3.05) is 33.3 Å². The minimum absolute atomic E-state index is 0. The molecule has 1 aliphatic heterocycles. The number of aryl methyl sites for hydroxylation is 2. The number of likely N-dealkylation sites (tertiary alicyclic amines) is 1. The van der Waals surface area contributed by atoms with Crippen molar-refractivity contribution in [3.63, 3.8) is 0 Å². The number of benzene rings is 2. The van der Waals surface area contributed by atoms with Crippen LogP contribution in [0.2, 0.25) is 0 Å². The molecule has 202 valence electrons. The van der Waals surface area contributed by atoms with Gasteiger partial charge in [-0.3, -0.25) is 0 Å². The number of fused-ring (bicyclic) bond motifs is 1. The summed E-state index contributed by atoms with van der Waals surface area (Å²) in [6, 6.07) is 16.0. The maximum Gasteiger partial charge on any atom is 0.343 e. The second-order valence-electron chi connectivity index (χ2n) is 11.5. The molecule has 1 N–H and O–H groups in total. The fraction of sp³-hybridized carbons (Fsp3) is 0.581. The summed E-state index contributed by atoms with van der Waals surface area (Å²) in [5, 5.41) is 11.7. The molecule has 37 heavy (non-hydrogen) atoms. The third-order valence-corrected chi connectivity index (χ3v) is 8.81. The fourth-order valence-electron chi connectivity index (χ4n) is 6.66. The molecule has 2 aliphatic carbocycles. The lowest BCUT2D eigenvalue weighted by molar-refractivity contribution is -0.899. The van der Waals surface area contributed by atoms with E-state index >= 15 is 0 Å². The maximum atomic E-state index is 13.4. The van der Waals surface area contributed by atoms with Gasteiger partial charge in [0.05, 0.1) is 26.7 Å². The molecule has 3 aliphatic rings. The van der Waals surface area contributed by atoms with Crippen molar-refractivity contribution in [3.8, 4) is 5.75 Å². The van der Waals surface area contributed by atoms with Crippen LogP contribution in [0.3, 0.4) is 0 Å². The predicted octanol–water partition coefficient (Wildman–Crippen LogP) is 2.18. The highest BCUT2D eigenvalue weighted by Crippen LogP contribution is 2.42. The van der Waals surface area contributed by atoms with Crippen molar-refractivity contribution >= 4 is 5.97 Å².